The number of amides is 3. The second kappa shape index (κ2) is 9.50. The Morgan fingerprint density at radius 1 is 1.12 bits per heavy atom. The highest BCUT2D eigenvalue weighted by Crippen LogP contribution is 2.35. The van der Waals surface area contributed by atoms with Gasteiger partial charge in [0.1, 0.15) is 11.3 Å². The first-order valence-electron chi connectivity index (χ1n) is 10.5. The molecule has 1 saturated heterocycles. The number of oxime groups is 1. The Morgan fingerprint density at radius 3 is 2.55 bits per heavy atom. The van der Waals surface area contributed by atoms with Crippen LogP contribution in [0.1, 0.15) is 35.2 Å². The van der Waals surface area contributed by atoms with Crippen molar-refractivity contribution in [2.75, 3.05) is 18.4 Å². The van der Waals surface area contributed by atoms with Crippen LogP contribution in [-0.2, 0) is 16.2 Å². The van der Waals surface area contributed by atoms with Crippen molar-refractivity contribution in [2.45, 2.75) is 31.4 Å². The van der Waals surface area contributed by atoms with Crippen LogP contribution in [0.4, 0.5) is 10.5 Å². The lowest BCUT2D eigenvalue weighted by atomic mass is 9.87. The summed E-state index contributed by atoms with van der Waals surface area (Å²) >= 11 is 5.88. The molecule has 0 bridgehead atoms. The van der Waals surface area contributed by atoms with Crippen molar-refractivity contribution in [1.82, 2.24) is 10.2 Å². The minimum Gasteiger partial charge on any atom is -0.478 e. The number of nitrogens with one attached hydrogen (secondary N) is 2. The molecule has 2 aliphatic heterocycles. The highest BCUT2D eigenvalue weighted by atomic mass is 35.5. The molecule has 0 radical (unpaired) electrons. The van der Waals surface area contributed by atoms with Gasteiger partial charge in [-0.15, -0.1) is 0 Å². The lowest BCUT2D eigenvalue weighted by molar-refractivity contribution is -0.115. The van der Waals surface area contributed by atoms with E-state index in [0.29, 0.717) is 55.3 Å². The van der Waals surface area contributed by atoms with E-state index in [-0.39, 0.29) is 17.5 Å². The summed E-state index contributed by atoms with van der Waals surface area (Å²) in [6.07, 6.45) is 1.45. The predicted molar refractivity (Wildman–Crippen MR) is 122 cm³/mol. The highest BCUT2D eigenvalue weighted by Gasteiger charge is 2.44. The molecule has 0 aliphatic carbocycles. The number of hydrogen-bond donors (Lipinski definition) is 3. The molecule has 1 fully saturated rings. The molecule has 10 heteroatoms. The van der Waals surface area contributed by atoms with Crippen LogP contribution in [0.25, 0.3) is 0 Å². The minimum absolute atomic E-state index is 0.101. The predicted octanol–water partition coefficient (Wildman–Crippen LogP) is 3.50. The number of carboxylic acid groups (broad SMARTS) is 1. The number of carbonyl (C=O) groups excluding carboxylic acids is 2. The fourth-order valence-electron chi connectivity index (χ4n) is 3.85. The summed E-state index contributed by atoms with van der Waals surface area (Å²) in [5.74, 6) is -1.34. The molecular formula is C23H23ClN4O5. The maximum Gasteiger partial charge on any atom is 0.335 e. The molecule has 0 saturated carbocycles. The van der Waals surface area contributed by atoms with E-state index in [1.54, 1.807) is 29.2 Å². The molecule has 0 unspecified atom stereocenters. The first kappa shape index (κ1) is 22.6. The van der Waals surface area contributed by atoms with Gasteiger partial charge in [-0.3, -0.25) is 4.79 Å². The third-order valence-electron chi connectivity index (χ3n) is 5.79. The number of piperidine rings is 1. The summed E-state index contributed by atoms with van der Waals surface area (Å²) < 4.78 is 0. The van der Waals surface area contributed by atoms with E-state index < -0.39 is 11.6 Å². The number of aromatic carboxylic acids is 1. The summed E-state index contributed by atoms with van der Waals surface area (Å²) in [5, 5.41) is 19.3. The van der Waals surface area contributed by atoms with Crippen molar-refractivity contribution in [2.24, 2.45) is 5.16 Å². The fraction of sp³-hybridized carbons (Fsp3) is 0.304. The normalized spacial score (nSPS) is 16.6. The van der Waals surface area contributed by atoms with Crippen molar-refractivity contribution in [3.05, 3.63) is 64.7 Å². The Morgan fingerprint density at radius 2 is 1.85 bits per heavy atom. The summed E-state index contributed by atoms with van der Waals surface area (Å²) in [6, 6.07) is 13.0. The SMILES string of the molecule is O=C(NCc1ccc(Cl)cc1)C1=NOC2(CCN(C(=O)Nc3cccc(C(=O)O)c3)CC2)C1. The maximum atomic E-state index is 12.6. The quantitative estimate of drug-likeness (QED) is 0.617. The monoisotopic (exact) mass is 470 g/mol. The van der Waals surface area contributed by atoms with E-state index in [0.717, 1.165) is 5.56 Å². The van der Waals surface area contributed by atoms with Crippen molar-refractivity contribution in [3.63, 3.8) is 0 Å². The first-order valence-corrected chi connectivity index (χ1v) is 10.9. The van der Waals surface area contributed by atoms with Crippen molar-refractivity contribution < 1.29 is 24.3 Å². The van der Waals surface area contributed by atoms with Crippen LogP contribution < -0.4 is 10.6 Å². The number of carboxylic acids is 1. The summed E-state index contributed by atoms with van der Waals surface area (Å²) in [6.45, 7) is 1.22. The zero-order chi connectivity index (χ0) is 23.4. The third kappa shape index (κ3) is 5.43. The number of anilines is 1. The Labute approximate surface area is 195 Å². The van der Waals surface area contributed by atoms with Crippen LogP contribution in [0.5, 0.6) is 0 Å². The van der Waals surface area contributed by atoms with Gasteiger partial charge in [0.2, 0.25) is 0 Å². The van der Waals surface area contributed by atoms with Crippen molar-refractivity contribution in [3.8, 4) is 0 Å². The van der Waals surface area contributed by atoms with E-state index in [1.165, 1.54) is 12.1 Å². The molecule has 3 amide bonds. The number of nitrogens with zero attached hydrogens (tertiary/aromatic N) is 2. The van der Waals surface area contributed by atoms with Crippen LogP contribution in [0.15, 0.2) is 53.7 Å². The van der Waals surface area contributed by atoms with Gasteiger partial charge < -0.3 is 25.5 Å². The van der Waals surface area contributed by atoms with E-state index in [1.807, 2.05) is 12.1 Å². The van der Waals surface area contributed by atoms with Gasteiger partial charge in [0.05, 0.1) is 5.56 Å². The van der Waals surface area contributed by atoms with Gasteiger partial charge in [-0.1, -0.05) is 35.0 Å². The van der Waals surface area contributed by atoms with E-state index in [4.69, 9.17) is 21.5 Å². The van der Waals surface area contributed by atoms with Crippen LogP contribution >= 0.6 is 11.6 Å². The topological polar surface area (TPSA) is 120 Å². The highest BCUT2D eigenvalue weighted by molar-refractivity contribution is 6.39. The van der Waals surface area contributed by atoms with Gasteiger partial charge >= 0.3 is 12.0 Å². The Balaban J connectivity index is 1.26. The van der Waals surface area contributed by atoms with E-state index >= 15 is 0 Å². The zero-order valence-corrected chi connectivity index (χ0v) is 18.5. The number of urea groups is 1. The second-order valence-electron chi connectivity index (χ2n) is 8.10. The molecule has 33 heavy (non-hydrogen) atoms. The number of benzene rings is 2. The molecule has 2 heterocycles. The standard InChI is InChI=1S/C23H23ClN4O5/c24-17-6-4-15(5-7-17)14-25-20(29)19-13-23(33-27-19)8-10-28(11-9-23)22(32)26-18-3-1-2-16(12-18)21(30)31/h1-7,12H,8-11,13-14H2,(H,25,29)(H,26,32)(H,30,31). The summed E-state index contributed by atoms with van der Waals surface area (Å²) in [4.78, 5) is 43.5. The molecule has 3 N–H and O–H groups in total. The number of likely N-dealkylation sites (tertiary alicyclic amines) is 1. The fourth-order valence-corrected chi connectivity index (χ4v) is 3.97. The van der Waals surface area contributed by atoms with Crippen LogP contribution in [0, 0.1) is 0 Å². The van der Waals surface area contributed by atoms with Gasteiger partial charge in [-0.05, 0) is 35.9 Å². The molecule has 172 valence electrons. The van der Waals surface area contributed by atoms with Gasteiger partial charge in [0.25, 0.3) is 5.91 Å². The minimum atomic E-state index is -1.06. The summed E-state index contributed by atoms with van der Waals surface area (Å²) in [5.41, 5.74) is 1.19. The van der Waals surface area contributed by atoms with Gasteiger partial charge in [0, 0.05) is 49.6 Å². The maximum absolute atomic E-state index is 12.6. The molecule has 2 aromatic carbocycles. The van der Waals surface area contributed by atoms with Crippen molar-refractivity contribution >= 4 is 40.9 Å². The van der Waals surface area contributed by atoms with Crippen molar-refractivity contribution in [1.29, 1.82) is 0 Å². The van der Waals surface area contributed by atoms with Crippen LogP contribution in [-0.4, -0.2) is 52.3 Å². The van der Waals surface area contributed by atoms with Gasteiger partial charge in [-0.25, -0.2) is 9.59 Å². The zero-order valence-electron chi connectivity index (χ0n) is 17.7. The molecule has 0 aromatic heterocycles. The van der Waals surface area contributed by atoms with E-state index in [2.05, 4.69) is 15.8 Å². The molecular weight excluding hydrogens is 448 g/mol. The molecule has 9 nitrogen and oxygen atoms in total. The first-order chi connectivity index (χ1) is 15.8. The largest absolute Gasteiger partial charge is 0.478 e. The average Bonchev–Trinajstić information content (AvgIpc) is 3.22. The van der Waals surface area contributed by atoms with Gasteiger partial charge in [0.15, 0.2) is 0 Å². The Kier molecular flexibility index (Phi) is 6.50. The number of halogens is 1. The second-order valence-corrected chi connectivity index (χ2v) is 8.54. The lowest BCUT2D eigenvalue weighted by Crippen LogP contribution is -2.48. The van der Waals surface area contributed by atoms with Crippen LogP contribution in [0.3, 0.4) is 0 Å². The smallest absolute Gasteiger partial charge is 0.335 e. The molecule has 0 atom stereocenters. The van der Waals surface area contributed by atoms with Gasteiger partial charge in [-0.2, -0.15) is 0 Å². The molecule has 1 spiro atoms. The third-order valence-corrected chi connectivity index (χ3v) is 6.04. The number of hydrogen-bond acceptors (Lipinski definition) is 5. The molecule has 2 aromatic rings. The average molecular weight is 471 g/mol. The lowest BCUT2D eigenvalue weighted by Gasteiger charge is -2.37. The number of carbonyl (C=O) groups is 3. The molecule has 4 rings (SSSR count). The Hall–Kier alpha value is -3.59. The van der Waals surface area contributed by atoms with Crippen LogP contribution in [0.2, 0.25) is 5.02 Å². The Bertz CT molecular complexity index is 1090. The molecule has 2 aliphatic rings. The number of rotatable bonds is 5. The summed E-state index contributed by atoms with van der Waals surface area (Å²) in [7, 11) is 0. The van der Waals surface area contributed by atoms with E-state index in [9.17, 15) is 14.4 Å².